The van der Waals surface area contributed by atoms with E-state index in [-0.39, 0.29) is 11.7 Å². The molecule has 1 amide bonds. The number of fused-ring (bicyclic) bond motifs is 1. The van der Waals surface area contributed by atoms with Gasteiger partial charge in [0.15, 0.2) is 0 Å². The van der Waals surface area contributed by atoms with Crippen molar-refractivity contribution in [1.82, 2.24) is 25.3 Å². The summed E-state index contributed by atoms with van der Waals surface area (Å²) in [4.78, 5) is 25.6. The zero-order chi connectivity index (χ0) is 28.6. The number of hydrogen-bond donors (Lipinski definition) is 4. The number of nitrogens with zero attached hydrogens (tertiary/aromatic N) is 4. The highest BCUT2D eigenvalue weighted by molar-refractivity contribution is 6.07. The fourth-order valence-electron chi connectivity index (χ4n) is 5.39. The van der Waals surface area contributed by atoms with Gasteiger partial charge in [-0.05, 0) is 61.6 Å². The number of nitrogens with two attached hydrogens (primary N) is 1. The van der Waals surface area contributed by atoms with E-state index in [1.54, 1.807) is 6.20 Å². The van der Waals surface area contributed by atoms with Gasteiger partial charge in [-0.1, -0.05) is 44.4 Å². The van der Waals surface area contributed by atoms with E-state index in [0.29, 0.717) is 24.1 Å². The number of H-pyrrole nitrogens is 1. The number of unbranched alkanes of at least 4 members (excludes halogenated alkanes) is 2. The molecule has 214 valence electrons. The van der Waals surface area contributed by atoms with Crippen LogP contribution in [0.1, 0.15) is 66.9 Å². The summed E-state index contributed by atoms with van der Waals surface area (Å²) >= 11 is 0. The van der Waals surface area contributed by atoms with E-state index in [1.807, 2.05) is 54.7 Å². The van der Waals surface area contributed by atoms with Crippen molar-refractivity contribution in [2.24, 2.45) is 5.73 Å². The van der Waals surface area contributed by atoms with Crippen LogP contribution in [0.3, 0.4) is 0 Å². The third-order valence-electron chi connectivity index (χ3n) is 7.70. The Kier molecular flexibility index (Phi) is 9.26. The van der Waals surface area contributed by atoms with Gasteiger partial charge in [0.1, 0.15) is 5.84 Å². The number of aromatic amines is 1. The van der Waals surface area contributed by atoms with Crippen molar-refractivity contribution >= 4 is 28.6 Å². The van der Waals surface area contributed by atoms with Crippen molar-refractivity contribution < 1.29 is 4.79 Å². The molecule has 3 heterocycles. The second-order valence-electron chi connectivity index (χ2n) is 10.7. The lowest BCUT2D eigenvalue weighted by Gasteiger charge is -2.37. The number of piperidine rings is 1. The second-order valence-corrected chi connectivity index (χ2v) is 10.7. The van der Waals surface area contributed by atoms with Crippen molar-refractivity contribution in [3.8, 4) is 11.3 Å². The maximum absolute atomic E-state index is 12.8. The van der Waals surface area contributed by atoms with Crippen LogP contribution in [-0.4, -0.2) is 57.9 Å². The molecule has 4 aromatic rings. The summed E-state index contributed by atoms with van der Waals surface area (Å²) in [6.45, 7) is 5.74. The number of anilines is 1. The van der Waals surface area contributed by atoms with Crippen LogP contribution in [0.5, 0.6) is 0 Å². The van der Waals surface area contributed by atoms with Gasteiger partial charge in [0.25, 0.3) is 5.91 Å². The molecular weight excluding hydrogens is 512 g/mol. The van der Waals surface area contributed by atoms with E-state index < -0.39 is 0 Å². The summed E-state index contributed by atoms with van der Waals surface area (Å²) in [5.41, 5.74) is 10.8. The van der Waals surface area contributed by atoms with Gasteiger partial charge in [-0.25, -0.2) is 15.0 Å². The Labute approximate surface area is 241 Å². The monoisotopic (exact) mass is 552 g/mol. The van der Waals surface area contributed by atoms with Gasteiger partial charge in [0.05, 0.1) is 5.69 Å². The summed E-state index contributed by atoms with van der Waals surface area (Å²) in [6, 6.07) is 15.6. The van der Waals surface area contributed by atoms with E-state index in [4.69, 9.17) is 16.1 Å². The molecule has 1 aliphatic rings. The molecule has 2 aromatic heterocycles. The van der Waals surface area contributed by atoms with E-state index in [1.165, 1.54) is 32.1 Å². The SMILES string of the molecule is CCCCCN(c1nccc(-c2ccc(C(=O)NCCc3ccc4[nH]cc(C(=N)N)c4c3)cc2)n1)N1CCCCC1. The van der Waals surface area contributed by atoms with Crippen LogP contribution in [0.4, 0.5) is 5.95 Å². The molecule has 5 N–H and O–H groups in total. The van der Waals surface area contributed by atoms with Crippen LogP contribution in [0.2, 0.25) is 0 Å². The number of hydrazine groups is 1. The van der Waals surface area contributed by atoms with Crippen molar-refractivity contribution in [2.75, 3.05) is 31.2 Å². The summed E-state index contributed by atoms with van der Waals surface area (Å²) in [5.74, 6) is 0.671. The van der Waals surface area contributed by atoms with Crippen LogP contribution in [0.25, 0.3) is 22.2 Å². The first kappa shape index (κ1) is 28.3. The van der Waals surface area contributed by atoms with E-state index in [9.17, 15) is 4.79 Å². The molecule has 0 saturated carbocycles. The molecule has 0 bridgehead atoms. The molecule has 0 atom stereocenters. The molecule has 1 fully saturated rings. The molecule has 1 saturated heterocycles. The number of nitrogens with one attached hydrogen (secondary N) is 3. The Balaban J connectivity index is 1.21. The molecule has 0 spiro atoms. The molecular formula is C32H40N8O. The molecule has 9 heteroatoms. The fraction of sp³-hybridized carbons (Fsp3) is 0.375. The number of hydrogen-bond acceptors (Lipinski definition) is 6. The molecule has 5 rings (SSSR count). The van der Waals surface area contributed by atoms with Gasteiger partial charge in [-0.15, -0.1) is 0 Å². The van der Waals surface area contributed by atoms with Crippen LogP contribution >= 0.6 is 0 Å². The Hall–Kier alpha value is -4.24. The van der Waals surface area contributed by atoms with Crippen molar-refractivity contribution in [3.63, 3.8) is 0 Å². The number of amidine groups is 1. The lowest BCUT2D eigenvalue weighted by atomic mass is 10.1. The van der Waals surface area contributed by atoms with Gasteiger partial charge < -0.3 is 16.0 Å². The molecule has 41 heavy (non-hydrogen) atoms. The first-order valence-corrected chi connectivity index (χ1v) is 14.7. The number of benzene rings is 2. The average molecular weight is 553 g/mol. The molecule has 0 unspecified atom stereocenters. The summed E-state index contributed by atoms with van der Waals surface area (Å²) < 4.78 is 0. The first-order valence-electron chi connectivity index (χ1n) is 14.7. The molecule has 1 aliphatic heterocycles. The Morgan fingerprint density at radius 3 is 2.66 bits per heavy atom. The minimum atomic E-state index is -0.112. The predicted octanol–water partition coefficient (Wildman–Crippen LogP) is 5.28. The Morgan fingerprint density at radius 1 is 1.10 bits per heavy atom. The lowest BCUT2D eigenvalue weighted by molar-refractivity contribution is 0.0954. The number of nitrogen functional groups attached to an aromatic ring is 1. The Morgan fingerprint density at radius 2 is 1.90 bits per heavy atom. The highest BCUT2D eigenvalue weighted by Gasteiger charge is 2.21. The smallest absolute Gasteiger partial charge is 0.251 e. The van der Waals surface area contributed by atoms with Crippen LogP contribution in [0.15, 0.2) is 60.9 Å². The standard InChI is InChI=1S/C32H40N8O/c1-2-3-5-20-40(39-18-6-4-7-19-39)32-36-17-15-28(38-32)24-9-11-25(12-10-24)31(41)35-16-14-23-8-13-29-26(21-23)27(22-37-29)30(33)34/h8-13,15,17,21-22,37H,2-7,14,16,18-20H2,1H3,(H3,33,34)(H,35,41). The molecule has 0 radical (unpaired) electrons. The molecule has 9 nitrogen and oxygen atoms in total. The minimum Gasteiger partial charge on any atom is -0.384 e. The average Bonchev–Trinajstić information content (AvgIpc) is 3.44. The summed E-state index contributed by atoms with van der Waals surface area (Å²) in [5, 5.41) is 16.4. The molecule has 0 aliphatic carbocycles. The third kappa shape index (κ3) is 6.92. The van der Waals surface area contributed by atoms with Gasteiger partial charge in [-0.2, -0.15) is 0 Å². The number of amides is 1. The van der Waals surface area contributed by atoms with Crippen molar-refractivity contribution in [1.29, 1.82) is 5.41 Å². The quantitative estimate of drug-likeness (QED) is 0.108. The summed E-state index contributed by atoms with van der Waals surface area (Å²) in [6.07, 6.45) is 11.4. The highest BCUT2D eigenvalue weighted by Crippen LogP contribution is 2.23. The van der Waals surface area contributed by atoms with Crippen LogP contribution < -0.4 is 16.1 Å². The van der Waals surface area contributed by atoms with Gasteiger partial charge >= 0.3 is 0 Å². The van der Waals surface area contributed by atoms with E-state index >= 15 is 0 Å². The Bertz CT molecular complexity index is 1470. The van der Waals surface area contributed by atoms with E-state index in [0.717, 1.165) is 59.7 Å². The number of carbonyl (C=O) groups excluding carboxylic acids is 1. The van der Waals surface area contributed by atoms with Gasteiger partial charge in [0, 0.05) is 66.2 Å². The maximum atomic E-state index is 12.8. The summed E-state index contributed by atoms with van der Waals surface area (Å²) in [7, 11) is 0. The zero-order valence-corrected chi connectivity index (χ0v) is 23.8. The predicted molar refractivity (Wildman–Crippen MR) is 165 cm³/mol. The second kappa shape index (κ2) is 13.4. The number of rotatable bonds is 12. The molecule has 2 aromatic carbocycles. The zero-order valence-electron chi connectivity index (χ0n) is 23.8. The van der Waals surface area contributed by atoms with Gasteiger partial charge in [0.2, 0.25) is 5.95 Å². The number of carbonyl (C=O) groups is 1. The highest BCUT2D eigenvalue weighted by atomic mass is 16.1. The largest absolute Gasteiger partial charge is 0.384 e. The van der Waals surface area contributed by atoms with Gasteiger partial charge in [-0.3, -0.25) is 15.2 Å². The topological polar surface area (TPSA) is 127 Å². The first-order chi connectivity index (χ1) is 20.0. The number of aromatic nitrogens is 3. The van der Waals surface area contributed by atoms with Crippen molar-refractivity contribution in [2.45, 2.75) is 51.9 Å². The fourth-order valence-corrected chi connectivity index (χ4v) is 5.39. The minimum absolute atomic E-state index is 0.0367. The maximum Gasteiger partial charge on any atom is 0.251 e. The van der Waals surface area contributed by atoms with Crippen LogP contribution in [-0.2, 0) is 6.42 Å². The lowest BCUT2D eigenvalue weighted by Crippen LogP contribution is -2.47. The van der Waals surface area contributed by atoms with Crippen molar-refractivity contribution in [3.05, 3.63) is 77.6 Å². The normalized spacial score (nSPS) is 13.8. The third-order valence-corrected chi connectivity index (χ3v) is 7.70. The van der Waals surface area contributed by atoms with E-state index in [2.05, 4.69) is 32.2 Å². The van der Waals surface area contributed by atoms with Crippen LogP contribution in [0, 0.1) is 5.41 Å².